The van der Waals surface area contributed by atoms with Crippen LogP contribution in [0.3, 0.4) is 0 Å². The second kappa shape index (κ2) is 13.3. The SMILES string of the molecule is Cc1ccccc1N1CCN(c2cc(Cl)nc(SCC(=O)N3CCN(CC=Cc4ccccc4)CC3)n2)CC1. The van der Waals surface area contributed by atoms with Crippen LogP contribution in [-0.4, -0.2) is 90.3 Å². The molecule has 0 aliphatic carbocycles. The molecule has 7 nitrogen and oxygen atoms in total. The molecule has 2 aliphatic rings. The maximum absolute atomic E-state index is 12.9. The molecule has 5 rings (SSSR count). The normalized spacial score (nSPS) is 16.7. The molecule has 0 radical (unpaired) electrons. The van der Waals surface area contributed by atoms with Gasteiger partial charge in [-0.3, -0.25) is 9.69 Å². The summed E-state index contributed by atoms with van der Waals surface area (Å²) in [6, 6.07) is 20.6. The Labute approximate surface area is 240 Å². The lowest BCUT2D eigenvalue weighted by molar-refractivity contribution is -0.130. The molecule has 0 unspecified atom stereocenters. The van der Waals surface area contributed by atoms with Crippen LogP contribution < -0.4 is 9.80 Å². The van der Waals surface area contributed by atoms with Gasteiger partial charge < -0.3 is 14.7 Å². The maximum atomic E-state index is 12.9. The summed E-state index contributed by atoms with van der Waals surface area (Å²) in [5.74, 6) is 1.26. The lowest BCUT2D eigenvalue weighted by Gasteiger charge is -2.37. The molecule has 2 saturated heterocycles. The number of aryl methyl sites for hydroxylation is 1. The predicted molar refractivity (Wildman–Crippen MR) is 162 cm³/mol. The third-order valence-corrected chi connectivity index (χ3v) is 8.27. The number of nitrogens with zero attached hydrogens (tertiary/aromatic N) is 6. The Kier molecular flexibility index (Phi) is 9.40. The van der Waals surface area contributed by atoms with E-state index in [-0.39, 0.29) is 5.91 Å². The summed E-state index contributed by atoms with van der Waals surface area (Å²) in [7, 11) is 0. The summed E-state index contributed by atoms with van der Waals surface area (Å²) >= 11 is 7.73. The van der Waals surface area contributed by atoms with E-state index in [2.05, 4.69) is 75.2 Å². The van der Waals surface area contributed by atoms with Crippen molar-refractivity contribution in [2.45, 2.75) is 12.1 Å². The second-order valence-electron chi connectivity index (χ2n) is 9.88. The monoisotopic (exact) mass is 562 g/mol. The average Bonchev–Trinajstić information content (AvgIpc) is 2.97. The van der Waals surface area contributed by atoms with Crippen LogP contribution in [-0.2, 0) is 4.79 Å². The Bertz CT molecular complexity index is 1270. The molecule has 9 heteroatoms. The Morgan fingerprint density at radius 3 is 2.33 bits per heavy atom. The van der Waals surface area contributed by atoms with Crippen LogP contribution in [0.15, 0.2) is 71.9 Å². The standard InChI is InChI=1S/C30H35ClN6OS/c1-24-8-5-6-12-26(24)35-18-20-36(21-19-35)28-22-27(31)32-30(33-28)39-23-29(38)37-16-14-34(15-17-37)13-7-11-25-9-3-2-4-10-25/h2-12,22H,13-21,23H2,1H3. The number of anilines is 2. The first-order chi connectivity index (χ1) is 19.0. The van der Waals surface area contributed by atoms with Gasteiger partial charge >= 0.3 is 0 Å². The van der Waals surface area contributed by atoms with Crippen LogP contribution >= 0.6 is 23.4 Å². The van der Waals surface area contributed by atoms with E-state index in [0.29, 0.717) is 16.1 Å². The fraction of sp³-hybridized carbons (Fsp3) is 0.367. The number of halogens is 1. The molecule has 0 atom stereocenters. The van der Waals surface area contributed by atoms with Crippen molar-refractivity contribution in [1.29, 1.82) is 0 Å². The molecule has 0 N–H and O–H groups in total. The van der Waals surface area contributed by atoms with Crippen LogP contribution in [0.25, 0.3) is 6.08 Å². The fourth-order valence-corrected chi connectivity index (χ4v) is 5.99. The van der Waals surface area contributed by atoms with Gasteiger partial charge in [0.25, 0.3) is 0 Å². The molecule has 2 aliphatic heterocycles. The Balaban J connectivity index is 1.08. The first-order valence-electron chi connectivity index (χ1n) is 13.5. The molecule has 204 valence electrons. The van der Waals surface area contributed by atoms with Crippen LogP contribution in [0.2, 0.25) is 5.15 Å². The highest BCUT2D eigenvalue weighted by Gasteiger charge is 2.23. The summed E-state index contributed by atoms with van der Waals surface area (Å²) in [6.07, 6.45) is 4.34. The van der Waals surface area contributed by atoms with Gasteiger partial charge in [-0.2, -0.15) is 0 Å². The van der Waals surface area contributed by atoms with Gasteiger partial charge in [-0.25, -0.2) is 9.97 Å². The van der Waals surface area contributed by atoms with Crippen molar-refractivity contribution in [3.63, 3.8) is 0 Å². The number of carbonyl (C=O) groups is 1. The van der Waals surface area contributed by atoms with Crippen LogP contribution in [0.1, 0.15) is 11.1 Å². The van der Waals surface area contributed by atoms with Gasteiger partial charge in [0.15, 0.2) is 5.16 Å². The Morgan fingerprint density at radius 1 is 0.897 bits per heavy atom. The van der Waals surface area contributed by atoms with Crippen molar-refractivity contribution in [1.82, 2.24) is 19.8 Å². The Hall–Kier alpha value is -3.07. The first kappa shape index (κ1) is 27.5. The van der Waals surface area contributed by atoms with E-state index in [1.807, 2.05) is 29.2 Å². The molecule has 3 aromatic rings. The quantitative estimate of drug-likeness (QED) is 0.224. The van der Waals surface area contributed by atoms with Gasteiger partial charge in [0.2, 0.25) is 5.91 Å². The molecule has 39 heavy (non-hydrogen) atoms. The van der Waals surface area contributed by atoms with Gasteiger partial charge in [0.05, 0.1) is 5.75 Å². The van der Waals surface area contributed by atoms with E-state index in [4.69, 9.17) is 16.6 Å². The minimum atomic E-state index is 0.122. The van der Waals surface area contributed by atoms with Crippen LogP contribution in [0, 0.1) is 6.92 Å². The highest BCUT2D eigenvalue weighted by molar-refractivity contribution is 7.99. The van der Waals surface area contributed by atoms with Crippen LogP contribution in [0.5, 0.6) is 0 Å². The number of carbonyl (C=O) groups excluding carboxylic acids is 1. The van der Waals surface area contributed by atoms with E-state index in [9.17, 15) is 4.79 Å². The number of para-hydroxylation sites is 1. The zero-order valence-corrected chi connectivity index (χ0v) is 23.9. The number of thioether (sulfide) groups is 1. The number of hydrogen-bond donors (Lipinski definition) is 0. The number of amides is 1. The summed E-state index contributed by atoms with van der Waals surface area (Å²) in [4.78, 5) is 31.0. The molecule has 3 heterocycles. The van der Waals surface area contributed by atoms with Gasteiger partial charge in [-0.1, -0.05) is 84.0 Å². The van der Waals surface area contributed by atoms with Gasteiger partial charge in [0, 0.05) is 70.7 Å². The van der Waals surface area contributed by atoms with Crippen molar-refractivity contribution >= 4 is 46.9 Å². The lowest BCUT2D eigenvalue weighted by atomic mass is 10.1. The van der Waals surface area contributed by atoms with E-state index < -0.39 is 0 Å². The first-order valence-corrected chi connectivity index (χ1v) is 14.9. The number of piperazine rings is 2. The predicted octanol–water partition coefficient (Wildman–Crippen LogP) is 4.71. The third kappa shape index (κ3) is 7.53. The van der Waals surface area contributed by atoms with Crippen molar-refractivity contribution in [3.8, 4) is 0 Å². The number of rotatable bonds is 8. The molecular weight excluding hydrogens is 528 g/mol. The molecular formula is C30H35ClN6OS. The largest absolute Gasteiger partial charge is 0.368 e. The third-order valence-electron chi connectivity index (χ3n) is 7.24. The molecule has 2 fully saturated rings. The van der Waals surface area contributed by atoms with Gasteiger partial charge in [0.1, 0.15) is 11.0 Å². The smallest absolute Gasteiger partial charge is 0.233 e. The van der Waals surface area contributed by atoms with Gasteiger partial charge in [-0.05, 0) is 24.1 Å². The molecule has 1 amide bonds. The number of aromatic nitrogens is 2. The summed E-state index contributed by atoms with van der Waals surface area (Å²) in [5.41, 5.74) is 3.79. The van der Waals surface area contributed by atoms with E-state index in [1.54, 1.807) is 0 Å². The summed E-state index contributed by atoms with van der Waals surface area (Å²) in [6.45, 7) is 9.83. The number of hydrogen-bond acceptors (Lipinski definition) is 7. The zero-order valence-electron chi connectivity index (χ0n) is 22.4. The van der Waals surface area contributed by atoms with E-state index >= 15 is 0 Å². The van der Waals surface area contributed by atoms with Crippen molar-refractivity contribution in [2.75, 3.05) is 74.5 Å². The van der Waals surface area contributed by atoms with Crippen molar-refractivity contribution in [2.24, 2.45) is 0 Å². The minimum Gasteiger partial charge on any atom is -0.368 e. The van der Waals surface area contributed by atoms with E-state index in [1.165, 1.54) is 28.6 Å². The van der Waals surface area contributed by atoms with Crippen LogP contribution in [0.4, 0.5) is 11.5 Å². The molecule has 0 spiro atoms. The minimum absolute atomic E-state index is 0.122. The molecule has 2 aromatic carbocycles. The summed E-state index contributed by atoms with van der Waals surface area (Å²) in [5, 5.41) is 0.963. The maximum Gasteiger partial charge on any atom is 0.233 e. The molecule has 0 saturated carbocycles. The fourth-order valence-electron chi connectivity index (χ4n) is 5.01. The topological polar surface area (TPSA) is 55.8 Å². The summed E-state index contributed by atoms with van der Waals surface area (Å²) < 4.78 is 0. The van der Waals surface area contributed by atoms with Gasteiger partial charge in [-0.15, -0.1) is 0 Å². The highest BCUT2D eigenvalue weighted by Crippen LogP contribution is 2.26. The highest BCUT2D eigenvalue weighted by atomic mass is 35.5. The van der Waals surface area contributed by atoms with Crippen molar-refractivity contribution < 1.29 is 4.79 Å². The number of benzene rings is 2. The Morgan fingerprint density at radius 2 is 1.59 bits per heavy atom. The zero-order chi connectivity index (χ0) is 27.0. The lowest BCUT2D eigenvalue weighted by Crippen LogP contribution is -2.49. The second-order valence-corrected chi connectivity index (χ2v) is 11.2. The molecule has 0 bridgehead atoms. The average molecular weight is 563 g/mol. The molecule has 1 aromatic heterocycles. The van der Waals surface area contributed by atoms with Crippen molar-refractivity contribution in [3.05, 3.63) is 83.0 Å². The van der Waals surface area contributed by atoms with E-state index in [0.717, 1.165) is 64.7 Å².